The molecule has 1 atom stereocenters. The van der Waals surface area contributed by atoms with Crippen LogP contribution < -0.4 is 0 Å². The Morgan fingerprint density at radius 2 is 2.11 bits per heavy atom. The molecule has 0 N–H and O–H groups in total. The Balaban J connectivity index is 2.22. The van der Waals surface area contributed by atoms with E-state index in [0.29, 0.717) is 11.3 Å². The Morgan fingerprint density at radius 3 is 2.68 bits per heavy atom. The molecule has 0 aliphatic rings. The molecule has 1 aromatic carbocycles. The van der Waals surface area contributed by atoms with Gasteiger partial charge >= 0.3 is 0 Å². The summed E-state index contributed by atoms with van der Waals surface area (Å²) in [6.07, 6.45) is 0. The predicted molar refractivity (Wildman–Crippen MR) is 68.1 cm³/mol. The molecule has 1 heterocycles. The number of rotatable bonds is 3. The second kappa shape index (κ2) is 5.22. The van der Waals surface area contributed by atoms with Gasteiger partial charge in [-0.25, -0.2) is 4.39 Å². The summed E-state index contributed by atoms with van der Waals surface area (Å²) in [5, 5.41) is 3.67. The van der Waals surface area contributed by atoms with Gasteiger partial charge in [0.15, 0.2) is 0 Å². The maximum atomic E-state index is 13.7. The number of hydrogen-bond acceptors (Lipinski definition) is 3. The third kappa shape index (κ3) is 2.65. The van der Waals surface area contributed by atoms with Gasteiger partial charge < -0.3 is 9.42 Å². The van der Waals surface area contributed by atoms with Gasteiger partial charge in [0, 0.05) is 18.7 Å². The van der Waals surface area contributed by atoms with Crippen LogP contribution in [0.2, 0.25) is 0 Å². The molecule has 19 heavy (non-hydrogen) atoms. The van der Waals surface area contributed by atoms with E-state index >= 15 is 0 Å². The summed E-state index contributed by atoms with van der Waals surface area (Å²) >= 11 is 0. The molecule has 0 saturated heterocycles. The van der Waals surface area contributed by atoms with E-state index in [-0.39, 0.29) is 23.5 Å². The summed E-state index contributed by atoms with van der Waals surface area (Å²) in [6, 6.07) is 7.57. The lowest BCUT2D eigenvalue weighted by Crippen LogP contribution is -2.29. The van der Waals surface area contributed by atoms with Crippen LogP contribution in [-0.4, -0.2) is 23.0 Å². The normalized spacial score (nSPS) is 12.2. The average Bonchev–Trinajstić information content (AvgIpc) is 2.83. The van der Waals surface area contributed by atoms with Crippen LogP contribution in [0.3, 0.4) is 0 Å². The van der Waals surface area contributed by atoms with Gasteiger partial charge in [0.1, 0.15) is 5.82 Å². The van der Waals surface area contributed by atoms with Crippen LogP contribution in [0.15, 0.2) is 34.9 Å². The molecule has 4 nitrogen and oxygen atoms in total. The van der Waals surface area contributed by atoms with Crippen molar-refractivity contribution in [1.29, 1.82) is 0 Å². The summed E-state index contributed by atoms with van der Waals surface area (Å²) in [7, 11) is 1.61. The van der Waals surface area contributed by atoms with Crippen molar-refractivity contribution in [1.82, 2.24) is 10.1 Å². The molecule has 0 saturated carbocycles. The fourth-order valence-electron chi connectivity index (χ4n) is 1.84. The van der Waals surface area contributed by atoms with Crippen molar-refractivity contribution < 1.29 is 13.7 Å². The smallest absolute Gasteiger partial charge is 0.292 e. The molecule has 2 rings (SSSR count). The molecule has 0 aliphatic carbocycles. The zero-order chi connectivity index (χ0) is 14.0. The van der Waals surface area contributed by atoms with Crippen molar-refractivity contribution in [2.75, 3.05) is 7.05 Å². The minimum absolute atomic E-state index is 0.156. The molecule has 1 amide bonds. The van der Waals surface area contributed by atoms with Crippen molar-refractivity contribution in [3.63, 3.8) is 0 Å². The number of nitrogens with zero attached hydrogens (tertiary/aromatic N) is 2. The van der Waals surface area contributed by atoms with Gasteiger partial charge in [0.25, 0.3) is 5.91 Å². The number of aryl methyl sites for hydroxylation is 1. The van der Waals surface area contributed by atoms with Crippen molar-refractivity contribution in [2.45, 2.75) is 19.9 Å². The molecular weight excluding hydrogens is 247 g/mol. The zero-order valence-electron chi connectivity index (χ0n) is 11.1. The third-order valence-corrected chi connectivity index (χ3v) is 3.10. The number of benzene rings is 1. The Labute approximate surface area is 110 Å². The lowest BCUT2D eigenvalue weighted by molar-refractivity contribution is 0.0698. The van der Waals surface area contributed by atoms with E-state index in [4.69, 9.17) is 4.52 Å². The zero-order valence-corrected chi connectivity index (χ0v) is 11.1. The number of hydrogen-bond donors (Lipinski definition) is 0. The van der Waals surface area contributed by atoms with Crippen molar-refractivity contribution in [3.8, 4) is 0 Å². The monoisotopic (exact) mass is 262 g/mol. The fraction of sp³-hybridized carbons (Fsp3) is 0.286. The number of amides is 1. The van der Waals surface area contributed by atoms with Crippen LogP contribution in [0.4, 0.5) is 4.39 Å². The lowest BCUT2D eigenvalue weighted by Gasteiger charge is -2.24. The van der Waals surface area contributed by atoms with Crippen molar-refractivity contribution in [2.24, 2.45) is 0 Å². The van der Waals surface area contributed by atoms with Gasteiger partial charge in [0.2, 0.25) is 5.76 Å². The Bertz CT molecular complexity index is 595. The second-order valence-corrected chi connectivity index (χ2v) is 4.45. The maximum absolute atomic E-state index is 13.7. The van der Waals surface area contributed by atoms with Crippen LogP contribution in [0.5, 0.6) is 0 Å². The van der Waals surface area contributed by atoms with Gasteiger partial charge in [-0.2, -0.15) is 0 Å². The Hall–Kier alpha value is -2.17. The van der Waals surface area contributed by atoms with E-state index in [2.05, 4.69) is 5.16 Å². The molecule has 2 aromatic rings. The van der Waals surface area contributed by atoms with Gasteiger partial charge in [-0.05, 0) is 19.9 Å². The highest BCUT2D eigenvalue weighted by atomic mass is 19.1. The minimum Gasteiger partial charge on any atom is -0.351 e. The SMILES string of the molecule is Cc1cc(C(=O)N(C)C(C)c2ccccc2F)on1. The van der Waals surface area contributed by atoms with Crippen molar-refractivity contribution >= 4 is 5.91 Å². The van der Waals surface area contributed by atoms with Crippen LogP contribution in [0, 0.1) is 12.7 Å². The molecule has 0 aliphatic heterocycles. The Kier molecular flexibility index (Phi) is 3.64. The summed E-state index contributed by atoms with van der Waals surface area (Å²) < 4.78 is 18.6. The first-order chi connectivity index (χ1) is 9.00. The molecule has 0 fully saturated rings. The standard InChI is InChI=1S/C14H15FN2O2/c1-9-8-13(19-16-9)14(18)17(3)10(2)11-6-4-5-7-12(11)15/h4-8,10H,1-3H3. The van der Waals surface area contributed by atoms with Crippen LogP contribution >= 0.6 is 0 Å². The highest BCUT2D eigenvalue weighted by molar-refractivity contribution is 5.91. The molecule has 1 unspecified atom stereocenters. The fourth-order valence-corrected chi connectivity index (χ4v) is 1.84. The number of halogens is 1. The van der Waals surface area contributed by atoms with E-state index in [1.54, 1.807) is 45.2 Å². The van der Waals surface area contributed by atoms with E-state index in [1.165, 1.54) is 11.0 Å². The largest absolute Gasteiger partial charge is 0.351 e. The predicted octanol–water partition coefficient (Wildman–Crippen LogP) is 2.96. The molecular formula is C14H15FN2O2. The van der Waals surface area contributed by atoms with Crippen LogP contribution in [0.1, 0.15) is 34.8 Å². The van der Waals surface area contributed by atoms with E-state index in [1.807, 2.05) is 0 Å². The summed E-state index contributed by atoms with van der Waals surface area (Å²) in [6.45, 7) is 3.50. The topological polar surface area (TPSA) is 46.3 Å². The molecule has 1 aromatic heterocycles. The van der Waals surface area contributed by atoms with E-state index in [9.17, 15) is 9.18 Å². The summed E-state index contributed by atoms with van der Waals surface area (Å²) in [5.74, 6) is -0.497. The molecule has 5 heteroatoms. The first-order valence-corrected chi connectivity index (χ1v) is 5.95. The van der Waals surface area contributed by atoms with Gasteiger partial charge in [0.05, 0.1) is 11.7 Å². The quantitative estimate of drug-likeness (QED) is 0.854. The first-order valence-electron chi connectivity index (χ1n) is 5.95. The van der Waals surface area contributed by atoms with Crippen molar-refractivity contribution in [3.05, 3.63) is 53.2 Å². The van der Waals surface area contributed by atoms with E-state index in [0.717, 1.165) is 0 Å². The first kappa shape index (κ1) is 13.3. The highest BCUT2D eigenvalue weighted by Crippen LogP contribution is 2.23. The van der Waals surface area contributed by atoms with E-state index < -0.39 is 0 Å². The van der Waals surface area contributed by atoms with Gasteiger partial charge in [-0.3, -0.25) is 4.79 Å². The lowest BCUT2D eigenvalue weighted by atomic mass is 10.1. The van der Waals surface area contributed by atoms with Gasteiger partial charge in [-0.1, -0.05) is 23.4 Å². The number of carbonyl (C=O) groups excluding carboxylic acids is 1. The minimum atomic E-state index is -0.390. The number of aromatic nitrogens is 1. The highest BCUT2D eigenvalue weighted by Gasteiger charge is 2.23. The second-order valence-electron chi connectivity index (χ2n) is 4.45. The maximum Gasteiger partial charge on any atom is 0.292 e. The van der Waals surface area contributed by atoms with Gasteiger partial charge in [-0.15, -0.1) is 0 Å². The van der Waals surface area contributed by atoms with Crippen LogP contribution in [-0.2, 0) is 0 Å². The molecule has 100 valence electrons. The number of carbonyl (C=O) groups is 1. The third-order valence-electron chi connectivity index (χ3n) is 3.10. The average molecular weight is 262 g/mol. The molecule has 0 bridgehead atoms. The Morgan fingerprint density at radius 1 is 1.42 bits per heavy atom. The summed E-state index contributed by atoms with van der Waals surface area (Å²) in [4.78, 5) is 13.6. The van der Waals surface area contributed by atoms with Crippen LogP contribution in [0.25, 0.3) is 0 Å². The molecule has 0 radical (unpaired) electrons. The molecule has 0 spiro atoms. The summed E-state index contributed by atoms with van der Waals surface area (Å²) in [5.41, 5.74) is 1.10.